The third-order valence-electron chi connectivity index (χ3n) is 2.74. The van der Waals surface area contributed by atoms with Crippen LogP contribution in [-0.2, 0) is 4.79 Å². The highest BCUT2D eigenvalue weighted by molar-refractivity contribution is 7.20. The minimum atomic E-state index is -1.13. The second-order valence-electron chi connectivity index (χ2n) is 4.15. The molecule has 1 aromatic heterocycles. The molecule has 0 bridgehead atoms. The summed E-state index contributed by atoms with van der Waals surface area (Å²) in [5, 5.41) is 11.7. The maximum atomic E-state index is 13.5. The maximum Gasteiger partial charge on any atom is 0.326 e. The van der Waals surface area contributed by atoms with Gasteiger partial charge >= 0.3 is 5.97 Å². The fraction of sp³-hybridized carbons (Fsp3) is 0.143. The number of hydrogen-bond donors (Lipinski definition) is 2. The van der Waals surface area contributed by atoms with Gasteiger partial charge in [-0.1, -0.05) is 12.1 Å². The van der Waals surface area contributed by atoms with Gasteiger partial charge in [-0.2, -0.15) is 0 Å². The van der Waals surface area contributed by atoms with E-state index < -0.39 is 23.7 Å². The topological polar surface area (TPSA) is 66.4 Å². The minimum Gasteiger partial charge on any atom is -0.480 e. The Morgan fingerprint density at radius 2 is 2.25 bits per heavy atom. The van der Waals surface area contributed by atoms with Crippen LogP contribution in [0.15, 0.2) is 36.9 Å². The summed E-state index contributed by atoms with van der Waals surface area (Å²) in [6.45, 7) is 3.45. The summed E-state index contributed by atoms with van der Waals surface area (Å²) in [5.41, 5.74) is 0. The Balaban J connectivity index is 2.25. The average Bonchev–Trinajstić information content (AvgIpc) is 2.83. The van der Waals surface area contributed by atoms with Crippen LogP contribution in [0.5, 0.6) is 0 Å². The highest BCUT2D eigenvalue weighted by Crippen LogP contribution is 2.27. The smallest absolute Gasteiger partial charge is 0.326 e. The molecule has 1 aromatic carbocycles. The molecule has 2 N–H and O–H groups in total. The molecular formula is C14H12FNO3S. The first-order valence-electron chi connectivity index (χ1n) is 5.85. The number of amides is 1. The predicted octanol–water partition coefficient (Wildman–Crippen LogP) is 2.80. The minimum absolute atomic E-state index is 0.125. The Hall–Kier alpha value is -2.21. The van der Waals surface area contributed by atoms with E-state index in [1.54, 1.807) is 12.1 Å². The standard InChI is InChI=1S/C14H12FNO3S/c1-2-4-10(14(18)19)16-13(17)12-7-8-9(15)5-3-6-11(8)20-12/h2-3,5-7,10H,1,4H2,(H,16,17)(H,18,19). The first-order chi connectivity index (χ1) is 9.52. The molecule has 2 aromatic rings. The molecule has 4 nitrogen and oxygen atoms in total. The van der Waals surface area contributed by atoms with Gasteiger partial charge in [-0.15, -0.1) is 17.9 Å². The van der Waals surface area contributed by atoms with Crippen LogP contribution in [0.4, 0.5) is 4.39 Å². The van der Waals surface area contributed by atoms with Crippen molar-refractivity contribution in [2.24, 2.45) is 0 Å². The van der Waals surface area contributed by atoms with Crippen LogP contribution in [0.1, 0.15) is 16.1 Å². The van der Waals surface area contributed by atoms with E-state index in [1.807, 2.05) is 0 Å². The van der Waals surface area contributed by atoms with Crippen LogP contribution < -0.4 is 5.32 Å². The van der Waals surface area contributed by atoms with Gasteiger partial charge < -0.3 is 10.4 Å². The third-order valence-corrected chi connectivity index (χ3v) is 3.84. The largest absolute Gasteiger partial charge is 0.480 e. The number of nitrogens with one attached hydrogen (secondary N) is 1. The van der Waals surface area contributed by atoms with Crippen molar-refractivity contribution in [2.75, 3.05) is 0 Å². The predicted molar refractivity (Wildman–Crippen MR) is 75.5 cm³/mol. The number of aliphatic carboxylic acids is 1. The molecule has 1 amide bonds. The van der Waals surface area contributed by atoms with Crippen LogP contribution in [0.2, 0.25) is 0 Å². The van der Waals surface area contributed by atoms with E-state index >= 15 is 0 Å². The number of carboxylic acid groups (broad SMARTS) is 1. The lowest BCUT2D eigenvalue weighted by Crippen LogP contribution is -2.40. The number of carbonyl (C=O) groups is 2. The van der Waals surface area contributed by atoms with E-state index in [2.05, 4.69) is 11.9 Å². The molecule has 0 radical (unpaired) electrons. The lowest BCUT2D eigenvalue weighted by atomic mass is 10.2. The summed E-state index contributed by atoms with van der Waals surface area (Å²) >= 11 is 1.12. The number of thiophene rings is 1. The van der Waals surface area contributed by atoms with Gasteiger partial charge in [-0.3, -0.25) is 4.79 Å². The highest BCUT2D eigenvalue weighted by atomic mass is 32.1. The van der Waals surface area contributed by atoms with Gasteiger partial charge in [0.25, 0.3) is 5.91 Å². The van der Waals surface area contributed by atoms with E-state index in [1.165, 1.54) is 18.2 Å². The Bertz CT molecular complexity index is 680. The van der Waals surface area contributed by atoms with Gasteiger partial charge in [0.15, 0.2) is 0 Å². The second-order valence-corrected chi connectivity index (χ2v) is 5.23. The molecule has 0 aliphatic heterocycles. The van der Waals surface area contributed by atoms with Crippen molar-refractivity contribution in [3.63, 3.8) is 0 Å². The fourth-order valence-corrected chi connectivity index (χ4v) is 2.73. The van der Waals surface area contributed by atoms with E-state index in [9.17, 15) is 14.0 Å². The average molecular weight is 293 g/mol. The monoisotopic (exact) mass is 293 g/mol. The zero-order valence-electron chi connectivity index (χ0n) is 10.4. The third kappa shape index (κ3) is 2.85. The van der Waals surface area contributed by atoms with E-state index in [-0.39, 0.29) is 11.3 Å². The Morgan fingerprint density at radius 3 is 2.85 bits per heavy atom. The quantitative estimate of drug-likeness (QED) is 0.833. The zero-order valence-corrected chi connectivity index (χ0v) is 11.2. The normalized spacial score (nSPS) is 12.1. The SMILES string of the molecule is C=CCC(NC(=O)c1cc2c(F)cccc2s1)C(=O)O. The highest BCUT2D eigenvalue weighted by Gasteiger charge is 2.20. The molecule has 6 heteroatoms. The number of carboxylic acids is 1. The number of carbonyl (C=O) groups excluding carboxylic acids is 1. The van der Waals surface area contributed by atoms with Crippen LogP contribution in [-0.4, -0.2) is 23.0 Å². The van der Waals surface area contributed by atoms with Gasteiger partial charge in [0.05, 0.1) is 4.88 Å². The molecule has 20 heavy (non-hydrogen) atoms. The number of fused-ring (bicyclic) bond motifs is 1. The van der Waals surface area contributed by atoms with Gasteiger partial charge in [-0.25, -0.2) is 9.18 Å². The van der Waals surface area contributed by atoms with Crippen molar-refractivity contribution < 1.29 is 19.1 Å². The number of halogens is 1. The van der Waals surface area contributed by atoms with Gasteiger partial charge in [0.1, 0.15) is 11.9 Å². The van der Waals surface area contributed by atoms with E-state index in [0.717, 1.165) is 11.3 Å². The van der Waals surface area contributed by atoms with E-state index in [4.69, 9.17) is 5.11 Å². The molecule has 2 rings (SSSR count). The van der Waals surface area contributed by atoms with Gasteiger partial charge in [0, 0.05) is 10.1 Å². The molecule has 0 fully saturated rings. The van der Waals surface area contributed by atoms with Crippen molar-refractivity contribution in [3.05, 3.63) is 47.6 Å². The molecule has 0 saturated carbocycles. The van der Waals surface area contributed by atoms with Crippen molar-refractivity contribution >= 4 is 33.3 Å². The van der Waals surface area contributed by atoms with Crippen molar-refractivity contribution in [2.45, 2.75) is 12.5 Å². The Kier molecular flexibility index (Phi) is 4.14. The van der Waals surface area contributed by atoms with Gasteiger partial charge in [0.2, 0.25) is 0 Å². The number of benzene rings is 1. The maximum absolute atomic E-state index is 13.5. The first kappa shape index (κ1) is 14.2. The van der Waals surface area contributed by atoms with Crippen molar-refractivity contribution in [1.29, 1.82) is 0 Å². The van der Waals surface area contributed by atoms with Crippen LogP contribution in [0, 0.1) is 5.82 Å². The van der Waals surface area contributed by atoms with Crippen LogP contribution >= 0.6 is 11.3 Å². The molecule has 1 atom stereocenters. The summed E-state index contributed by atoms with van der Waals surface area (Å²) in [6, 6.07) is 4.98. The van der Waals surface area contributed by atoms with Gasteiger partial charge in [-0.05, 0) is 24.6 Å². The number of rotatable bonds is 5. The van der Waals surface area contributed by atoms with Crippen molar-refractivity contribution in [3.8, 4) is 0 Å². The number of hydrogen-bond acceptors (Lipinski definition) is 3. The van der Waals surface area contributed by atoms with Crippen LogP contribution in [0.3, 0.4) is 0 Å². The summed E-state index contributed by atoms with van der Waals surface area (Å²) in [7, 11) is 0. The van der Waals surface area contributed by atoms with Crippen LogP contribution in [0.25, 0.3) is 10.1 Å². The molecular weight excluding hydrogens is 281 g/mol. The lowest BCUT2D eigenvalue weighted by Gasteiger charge is -2.11. The molecule has 0 aliphatic rings. The second kappa shape index (κ2) is 5.83. The summed E-state index contributed by atoms with van der Waals surface area (Å²) in [6.07, 6.45) is 1.55. The summed E-state index contributed by atoms with van der Waals surface area (Å²) in [4.78, 5) is 23.2. The zero-order chi connectivity index (χ0) is 14.7. The molecule has 104 valence electrons. The molecule has 1 unspecified atom stereocenters. The molecule has 0 aliphatic carbocycles. The Labute approximate surface area is 118 Å². The summed E-state index contributed by atoms with van der Waals surface area (Å²) in [5.74, 6) is -2.07. The molecule has 0 saturated heterocycles. The summed E-state index contributed by atoms with van der Waals surface area (Å²) < 4.78 is 14.2. The lowest BCUT2D eigenvalue weighted by molar-refractivity contribution is -0.139. The molecule has 0 spiro atoms. The first-order valence-corrected chi connectivity index (χ1v) is 6.67. The Morgan fingerprint density at radius 1 is 1.50 bits per heavy atom. The fourth-order valence-electron chi connectivity index (χ4n) is 1.75. The molecule has 1 heterocycles. The van der Waals surface area contributed by atoms with E-state index in [0.29, 0.717) is 10.1 Å². The van der Waals surface area contributed by atoms with Crippen molar-refractivity contribution in [1.82, 2.24) is 5.32 Å².